The van der Waals surface area contributed by atoms with Gasteiger partial charge in [-0.15, -0.1) is 0 Å². The lowest BCUT2D eigenvalue weighted by atomic mass is 10.2. The van der Waals surface area contributed by atoms with Crippen LogP contribution in [0.3, 0.4) is 0 Å². The van der Waals surface area contributed by atoms with Crippen LogP contribution < -0.4 is 0 Å². The van der Waals surface area contributed by atoms with Gasteiger partial charge < -0.3 is 9.47 Å². The lowest BCUT2D eigenvalue weighted by Crippen LogP contribution is -2.22. The van der Waals surface area contributed by atoms with E-state index in [1.54, 1.807) is 6.08 Å². The molecular weight excluding hydrogens is 192 g/mol. The van der Waals surface area contributed by atoms with E-state index >= 15 is 0 Å². The maximum absolute atomic E-state index is 11.3. The highest BCUT2D eigenvalue weighted by Gasteiger charge is 2.35. The largest absolute Gasteiger partial charge is 0.457 e. The fourth-order valence-electron chi connectivity index (χ4n) is 1.35. The summed E-state index contributed by atoms with van der Waals surface area (Å²) in [6.07, 6.45) is 5.86. The van der Waals surface area contributed by atoms with Crippen LogP contribution in [-0.4, -0.2) is 23.8 Å². The van der Waals surface area contributed by atoms with E-state index in [1.165, 1.54) is 6.08 Å². The molecule has 0 amide bonds. The smallest absolute Gasteiger partial charge is 0.331 e. The van der Waals surface area contributed by atoms with Gasteiger partial charge in [0.15, 0.2) is 0 Å². The van der Waals surface area contributed by atoms with Crippen LogP contribution in [0.4, 0.5) is 0 Å². The predicted molar refractivity (Wildman–Crippen MR) is 58.6 cm³/mol. The molecule has 1 fully saturated rings. The molecule has 0 aromatic carbocycles. The maximum atomic E-state index is 11.3. The van der Waals surface area contributed by atoms with Crippen molar-refractivity contribution in [1.82, 2.24) is 0 Å². The summed E-state index contributed by atoms with van der Waals surface area (Å²) in [5.41, 5.74) is -0.422. The first-order valence-corrected chi connectivity index (χ1v) is 5.49. The van der Waals surface area contributed by atoms with Gasteiger partial charge in [0, 0.05) is 6.08 Å². The molecule has 0 aromatic rings. The van der Waals surface area contributed by atoms with Crippen molar-refractivity contribution < 1.29 is 14.3 Å². The molecule has 86 valence electrons. The van der Waals surface area contributed by atoms with Gasteiger partial charge >= 0.3 is 5.97 Å². The number of hydrogen-bond donors (Lipinski definition) is 0. The van der Waals surface area contributed by atoms with E-state index in [9.17, 15) is 4.79 Å². The van der Waals surface area contributed by atoms with E-state index < -0.39 is 5.60 Å². The van der Waals surface area contributed by atoms with Crippen molar-refractivity contribution in [3.05, 3.63) is 12.2 Å². The van der Waals surface area contributed by atoms with Crippen LogP contribution in [0.15, 0.2) is 12.2 Å². The van der Waals surface area contributed by atoms with Crippen LogP contribution in [0, 0.1) is 0 Å². The number of esters is 1. The summed E-state index contributed by atoms with van der Waals surface area (Å²) >= 11 is 0. The summed E-state index contributed by atoms with van der Waals surface area (Å²) in [6.45, 7) is 7.68. The first-order chi connectivity index (χ1) is 6.92. The Hall–Kier alpha value is -0.830. The standard InChI is InChI=1S/C12H20O3/c1-5-6-9-10(14-9)7-8-11(13)15-12(2,3)4/h7-10H,5-6H2,1-4H3/b8-7+/t9-,10-/m0/s1. The van der Waals surface area contributed by atoms with Crippen LogP contribution in [0.5, 0.6) is 0 Å². The molecule has 0 aliphatic carbocycles. The molecule has 0 unspecified atom stereocenters. The fourth-order valence-corrected chi connectivity index (χ4v) is 1.35. The van der Waals surface area contributed by atoms with E-state index in [4.69, 9.17) is 9.47 Å². The van der Waals surface area contributed by atoms with Gasteiger partial charge in [0.2, 0.25) is 0 Å². The number of rotatable bonds is 4. The zero-order chi connectivity index (χ0) is 11.5. The number of hydrogen-bond acceptors (Lipinski definition) is 3. The van der Waals surface area contributed by atoms with Gasteiger partial charge in [0.05, 0.1) is 6.10 Å². The van der Waals surface area contributed by atoms with Crippen LogP contribution >= 0.6 is 0 Å². The van der Waals surface area contributed by atoms with Crippen molar-refractivity contribution in [2.24, 2.45) is 0 Å². The molecule has 1 aliphatic rings. The highest BCUT2D eigenvalue weighted by Crippen LogP contribution is 2.27. The van der Waals surface area contributed by atoms with Gasteiger partial charge in [-0.05, 0) is 33.3 Å². The average molecular weight is 212 g/mol. The number of carbonyl (C=O) groups excluding carboxylic acids is 1. The third kappa shape index (κ3) is 4.98. The molecule has 3 nitrogen and oxygen atoms in total. The Morgan fingerprint density at radius 1 is 1.47 bits per heavy atom. The molecule has 0 spiro atoms. The SMILES string of the molecule is CCC[C@@H]1O[C@H]1/C=C/C(=O)OC(C)(C)C. The van der Waals surface area contributed by atoms with Crippen LogP contribution in [0.25, 0.3) is 0 Å². The zero-order valence-electron chi connectivity index (χ0n) is 9.95. The van der Waals surface area contributed by atoms with Gasteiger partial charge in [-0.1, -0.05) is 13.3 Å². The van der Waals surface area contributed by atoms with Crippen LogP contribution in [0.1, 0.15) is 40.5 Å². The normalized spacial score (nSPS) is 25.6. The summed E-state index contributed by atoms with van der Waals surface area (Å²) in [7, 11) is 0. The lowest BCUT2D eigenvalue weighted by molar-refractivity contribution is -0.148. The second kappa shape index (κ2) is 4.79. The molecule has 0 aromatic heterocycles. The molecule has 0 N–H and O–H groups in total. The third-order valence-electron chi connectivity index (χ3n) is 2.02. The van der Waals surface area contributed by atoms with Crippen molar-refractivity contribution in [2.45, 2.75) is 58.3 Å². The van der Waals surface area contributed by atoms with Crippen molar-refractivity contribution >= 4 is 5.97 Å². The van der Waals surface area contributed by atoms with Gasteiger partial charge in [0.25, 0.3) is 0 Å². The summed E-state index contributed by atoms with van der Waals surface area (Å²) in [4.78, 5) is 11.3. The lowest BCUT2D eigenvalue weighted by Gasteiger charge is -2.17. The summed E-state index contributed by atoms with van der Waals surface area (Å²) < 4.78 is 10.5. The topological polar surface area (TPSA) is 38.8 Å². The summed E-state index contributed by atoms with van der Waals surface area (Å²) in [6, 6.07) is 0. The highest BCUT2D eigenvalue weighted by molar-refractivity contribution is 5.82. The van der Waals surface area contributed by atoms with E-state index in [1.807, 2.05) is 20.8 Å². The molecule has 2 atom stereocenters. The molecule has 1 aliphatic heterocycles. The Balaban J connectivity index is 2.25. The predicted octanol–water partition coefficient (Wildman–Crippen LogP) is 2.45. The van der Waals surface area contributed by atoms with E-state index in [2.05, 4.69) is 6.92 Å². The van der Waals surface area contributed by atoms with Gasteiger partial charge in [-0.2, -0.15) is 0 Å². The number of epoxide rings is 1. The van der Waals surface area contributed by atoms with E-state index in [0.717, 1.165) is 12.8 Å². The zero-order valence-corrected chi connectivity index (χ0v) is 9.95. The Morgan fingerprint density at radius 3 is 2.67 bits per heavy atom. The minimum Gasteiger partial charge on any atom is -0.457 e. The average Bonchev–Trinajstić information content (AvgIpc) is 2.78. The molecule has 1 rings (SSSR count). The van der Waals surface area contributed by atoms with E-state index in [-0.39, 0.29) is 12.1 Å². The first kappa shape index (κ1) is 12.2. The first-order valence-electron chi connectivity index (χ1n) is 5.49. The van der Waals surface area contributed by atoms with E-state index in [0.29, 0.717) is 6.10 Å². The van der Waals surface area contributed by atoms with Crippen LogP contribution in [0.2, 0.25) is 0 Å². The van der Waals surface area contributed by atoms with Crippen molar-refractivity contribution in [2.75, 3.05) is 0 Å². The van der Waals surface area contributed by atoms with Crippen molar-refractivity contribution in [3.8, 4) is 0 Å². The Labute approximate surface area is 91.4 Å². The molecule has 1 saturated heterocycles. The maximum Gasteiger partial charge on any atom is 0.331 e. The molecule has 3 heteroatoms. The van der Waals surface area contributed by atoms with Crippen molar-refractivity contribution in [1.29, 1.82) is 0 Å². The summed E-state index contributed by atoms with van der Waals surface area (Å²) in [5.74, 6) is -0.298. The number of ether oxygens (including phenoxy) is 2. The van der Waals surface area contributed by atoms with Gasteiger partial charge in [-0.25, -0.2) is 4.79 Å². The Bertz CT molecular complexity index is 250. The molecule has 0 saturated carbocycles. The van der Waals surface area contributed by atoms with Gasteiger partial charge in [-0.3, -0.25) is 0 Å². The molecule has 1 heterocycles. The Kier molecular flexibility index (Phi) is 3.91. The second-order valence-electron chi connectivity index (χ2n) is 4.82. The molecule has 0 radical (unpaired) electrons. The highest BCUT2D eigenvalue weighted by atomic mass is 16.6. The Morgan fingerprint density at radius 2 is 2.13 bits per heavy atom. The fraction of sp³-hybridized carbons (Fsp3) is 0.750. The van der Waals surface area contributed by atoms with Gasteiger partial charge in [0.1, 0.15) is 11.7 Å². The molecule has 15 heavy (non-hydrogen) atoms. The minimum absolute atomic E-state index is 0.123. The quantitative estimate of drug-likeness (QED) is 0.408. The monoisotopic (exact) mass is 212 g/mol. The summed E-state index contributed by atoms with van der Waals surface area (Å²) in [5, 5.41) is 0. The second-order valence-corrected chi connectivity index (χ2v) is 4.82. The minimum atomic E-state index is -0.422. The molecule has 0 bridgehead atoms. The molecular formula is C12H20O3. The van der Waals surface area contributed by atoms with Crippen molar-refractivity contribution in [3.63, 3.8) is 0 Å². The number of carbonyl (C=O) groups is 1. The third-order valence-corrected chi connectivity index (χ3v) is 2.02. The van der Waals surface area contributed by atoms with Crippen LogP contribution in [-0.2, 0) is 14.3 Å².